The maximum atomic E-state index is 6.30. The summed E-state index contributed by atoms with van der Waals surface area (Å²) < 4.78 is 0. The van der Waals surface area contributed by atoms with Crippen molar-refractivity contribution < 1.29 is 0 Å². The SMILES string of the molecule is CCCC[Se](Cl)=CC=C1CCCCC1. The van der Waals surface area contributed by atoms with Gasteiger partial charge >= 0.3 is 96.4 Å². The summed E-state index contributed by atoms with van der Waals surface area (Å²) in [6.45, 7) is 2.23. The van der Waals surface area contributed by atoms with Gasteiger partial charge in [0.25, 0.3) is 0 Å². The number of unbranched alkanes of at least 4 members (excludes halogenated alkanes) is 1. The molecule has 1 saturated carbocycles. The van der Waals surface area contributed by atoms with Gasteiger partial charge in [0.15, 0.2) is 0 Å². The van der Waals surface area contributed by atoms with E-state index in [1.54, 1.807) is 5.57 Å². The number of rotatable bonds is 4. The molecule has 0 bridgehead atoms. The molecule has 0 aliphatic heterocycles. The van der Waals surface area contributed by atoms with Crippen LogP contribution >= 0.6 is 10.1 Å². The summed E-state index contributed by atoms with van der Waals surface area (Å²) in [6, 6.07) is 0. The van der Waals surface area contributed by atoms with Crippen molar-refractivity contribution in [1.29, 1.82) is 0 Å². The summed E-state index contributed by atoms with van der Waals surface area (Å²) >= 11 is -0.893. The fraction of sp³-hybridized carbons (Fsp3) is 0.750. The predicted octanol–water partition coefficient (Wildman–Crippen LogP) is 4.29. The molecular formula is C12H21ClSe. The predicted molar refractivity (Wildman–Crippen MR) is 68.6 cm³/mol. The fourth-order valence-electron chi connectivity index (χ4n) is 1.69. The molecule has 0 aromatic rings. The Morgan fingerprint density at radius 2 is 2.00 bits per heavy atom. The Morgan fingerprint density at radius 3 is 2.64 bits per heavy atom. The van der Waals surface area contributed by atoms with Gasteiger partial charge in [0, 0.05) is 0 Å². The van der Waals surface area contributed by atoms with Gasteiger partial charge in [-0.1, -0.05) is 0 Å². The summed E-state index contributed by atoms with van der Waals surface area (Å²) in [5, 5.41) is 1.25. The quantitative estimate of drug-likeness (QED) is 0.674. The zero-order valence-electron chi connectivity index (χ0n) is 9.10. The molecule has 0 aromatic carbocycles. The molecule has 0 N–H and O–H groups in total. The Bertz CT molecular complexity index is 210. The minimum atomic E-state index is -0.893. The number of hydrogen-bond donors (Lipinski definition) is 0. The molecule has 0 saturated heterocycles. The molecule has 0 radical (unpaired) electrons. The normalized spacial score (nSPS) is 19.7. The summed E-state index contributed by atoms with van der Waals surface area (Å²) in [6.07, 6.45) is 11.8. The minimum absolute atomic E-state index is 0.893. The van der Waals surface area contributed by atoms with Crippen LogP contribution in [-0.2, 0) is 0 Å². The van der Waals surface area contributed by atoms with Crippen LogP contribution in [0.5, 0.6) is 0 Å². The molecule has 0 aromatic heterocycles. The van der Waals surface area contributed by atoms with Crippen LogP contribution < -0.4 is 0 Å². The Balaban J connectivity index is 2.34. The average Bonchev–Trinajstić information content (AvgIpc) is 2.25. The molecule has 1 atom stereocenters. The topological polar surface area (TPSA) is 0 Å². The van der Waals surface area contributed by atoms with Crippen molar-refractivity contribution in [1.82, 2.24) is 0 Å². The summed E-state index contributed by atoms with van der Waals surface area (Å²) in [7, 11) is 6.30. The van der Waals surface area contributed by atoms with E-state index in [-0.39, 0.29) is 0 Å². The van der Waals surface area contributed by atoms with E-state index in [1.807, 2.05) is 0 Å². The Labute approximate surface area is 96.4 Å². The van der Waals surface area contributed by atoms with Crippen LogP contribution in [-0.4, -0.2) is 17.5 Å². The van der Waals surface area contributed by atoms with Gasteiger partial charge in [0.05, 0.1) is 0 Å². The summed E-state index contributed by atoms with van der Waals surface area (Å²) in [5.74, 6) is 0. The first-order chi connectivity index (χ1) is 6.83. The van der Waals surface area contributed by atoms with Crippen molar-refractivity contribution in [3.63, 3.8) is 0 Å². The van der Waals surface area contributed by atoms with Crippen molar-refractivity contribution in [3.8, 4) is 0 Å². The van der Waals surface area contributed by atoms with Gasteiger partial charge in [-0.2, -0.15) is 0 Å². The second-order valence-electron chi connectivity index (χ2n) is 3.94. The molecule has 1 aliphatic carbocycles. The van der Waals surface area contributed by atoms with Crippen molar-refractivity contribution in [2.45, 2.75) is 57.2 Å². The van der Waals surface area contributed by atoms with Crippen LogP contribution in [0.25, 0.3) is 0 Å². The van der Waals surface area contributed by atoms with Gasteiger partial charge in [0.2, 0.25) is 0 Å². The molecule has 82 valence electrons. The molecular weight excluding hydrogens is 259 g/mol. The summed E-state index contributed by atoms with van der Waals surface area (Å²) in [4.78, 5) is 2.32. The van der Waals surface area contributed by atoms with E-state index < -0.39 is 12.6 Å². The van der Waals surface area contributed by atoms with Crippen LogP contribution in [0.4, 0.5) is 0 Å². The van der Waals surface area contributed by atoms with Crippen LogP contribution in [0.3, 0.4) is 0 Å². The molecule has 14 heavy (non-hydrogen) atoms. The molecule has 0 spiro atoms. The third-order valence-electron chi connectivity index (χ3n) is 2.64. The number of hydrogen-bond acceptors (Lipinski definition) is 0. The maximum absolute atomic E-state index is 6.30. The molecule has 1 rings (SSSR count). The Morgan fingerprint density at radius 1 is 1.29 bits per heavy atom. The van der Waals surface area contributed by atoms with E-state index in [4.69, 9.17) is 10.1 Å². The third-order valence-corrected chi connectivity index (χ3v) is 6.31. The van der Waals surface area contributed by atoms with Crippen molar-refractivity contribution in [2.24, 2.45) is 0 Å². The Kier molecular flexibility index (Phi) is 6.85. The van der Waals surface area contributed by atoms with Crippen LogP contribution in [0.2, 0.25) is 5.32 Å². The van der Waals surface area contributed by atoms with Gasteiger partial charge in [-0.25, -0.2) is 0 Å². The van der Waals surface area contributed by atoms with Crippen molar-refractivity contribution >= 4 is 27.6 Å². The first-order valence-electron chi connectivity index (χ1n) is 5.71. The van der Waals surface area contributed by atoms with E-state index in [9.17, 15) is 0 Å². The molecule has 1 aliphatic rings. The van der Waals surface area contributed by atoms with Gasteiger partial charge in [-0.3, -0.25) is 0 Å². The van der Waals surface area contributed by atoms with Crippen LogP contribution in [0, 0.1) is 0 Å². The fourth-order valence-corrected chi connectivity index (χ4v) is 4.71. The third kappa shape index (κ3) is 5.34. The zero-order valence-corrected chi connectivity index (χ0v) is 11.6. The molecule has 0 amide bonds. The van der Waals surface area contributed by atoms with E-state index >= 15 is 0 Å². The van der Waals surface area contributed by atoms with E-state index in [0.717, 1.165) is 0 Å². The first-order valence-corrected chi connectivity index (χ1v) is 10.2. The van der Waals surface area contributed by atoms with Crippen LogP contribution in [0.15, 0.2) is 11.6 Å². The van der Waals surface area contributed by atoms with Gasteiger partial charge < -0.3 is 0 Å². The molecule has 1 unspecified atom stereocenters. The van der Waals surface area contributed by atoms with E-state index in [0.29, 0.717) is 0 Å². The van der Waals surface area contributed by atoms with Crippen molar-refractivity contribution in [2.75, 3.05) is 0 Å². The zero-order chi connectivity index (χ0) is 10.2. The van der Waals surface area contributed by atoms with Crippen molar-refractivity contribution in [3.05, 3.63) is 11.6 Å². The number of halogens is 1. The molecule has 2 heteroatoms. The monoisotopic (exact) mass is 280 g/mol. The van der Waals surface area contributed by atoms with Gasteiger partial charge in [-0.15, -0.1) is 0 Å². The van der Waals surface area contributed by atoms with E-state index in [1.165, 1.54) is 50.3 Å². The van der Waals surface area contributed by atoms with Gasteiger partial charge in [0.1, 0.15) is 0 Å². The van der Waals surface area contributed by atoms with Crippen LogP contribution in [0.1, 0.15) is 51.9 Å². The molecule has 0 nitrogen and oxygen atoms in total. The second-order valence-corrected chi connectivity index (χ2v) is 8.96. The number of allylic oxidation sites excluding steroid dienone is 2. The first kappa shape index (κ1) is 12.5. The molecule has 0 heterocycles. The average molecular weight is 280 g/mol. The molecule has 1 fully saturated rings. The van der Waals surface area contributed by atoms with E-state index in [2.05, 4.69) is 17.9 Å². The standard InChI is InChI=1S/C12H21ClSe/c1-2-3-10-14(13)11-9-12-7-5-4-6-8-12/h9,11H,2-8,10H2,1H3. The van der Waals surface area contributed by atoms with Gasteiger partial charge in [-0.05, 0) is 0 Å². The summed E-state index contributed by atoms with van der Waals surface area (Å²) in [5.41, 5.74) is 1.64. The Hall–Kier alpha value is 0.419. The second kappa shape index (κ2) is 7.68.